The molecule has 1 aromatic carbocycles. The van der Waals surface area contributed by atoms with E-state index in [-0.39, 0.29) is 6.04 Å². The summed E-state index contributed by atoms with van der Waals surface area (Å²) < 4.78 is 5.15. The van der Waals surface area contributed by atoms with Crippen LogP contribution in [0.4, 0.5) is 0 Å². The summed E-state index contributed by atoms with van der Waals surface area (Å²) >= 11 is 6.01. The van der Waals surface area contributed by atoms with Gasteiger partial charge >= 0.3 is 0 Å². The normalized spacial score (nSPS) is 12.2. The third-order valence-electron chi connectivity index (χ3n) is 2.91. The van der Waals surface area contributed by atoms with Gasteiger partial charge in [0.1, 0.15) is 5.75 Å². The van der Waals surface area contributed by atoms with Gasteiger partial charge in [-0.05, 0) is 41.8 Å². The average Bonchev–Trinajstić information content (AvgIpc) is 2.41. The number of methoxy groups -OCH3 is 1. The molecular formula is C14H15ClN2O. The van der Waals surface area contributed by atoms with Gasteiger partial charge in [0.25, 0.3) is 0 Å². The van der Waals surface area contributed by atoms with Crippen LogP contribution in [0.3, 0.4) is 0 Å². The molecule has 0 spiro atoms. The molecule has 94 valence electrons. The molecule has 0 radical (unpaired) electrons. The molecule has 0 aliphatic heterocycles. The standard InChI is InChI=1S/C14H15ClN2O/c1-9-3-4-11(15)6-13(9)14(16)10-5-12(18-2)8-17-7-10/h3-8,14H,16H2,1-2H3. The van der Waals surface area contributed by atoms with Crippen molar-refractivity contribution in [2.24, 2.45) is 5.73 Å². The molecule has 0 aliphatic rings. The third kappa shape index (κ3) is 2.63. The molecule has 1 atom stereocenters. The van der Waals surface area contributed by atoms with E-state index in [1.807, 2.05) is 31.2 Å². The monoisotopic (exact) mass is 262 g/mol. The Morgan fingerprint density at radius 3 is 2.78 bits per heavy atom. The fraction of sp³-hybridized carbons (Fsp3) is 0.214. The van der Waals surface area contributed by atoms with Crippen molar-refractivity contribution in [1.82, 2.24) is 4.98 Å². The molecular weight excluding hydrogens is 248 g/mol. The van der Waals surface area contributed by atoms with E-state index < -0.39 is 0 Å². The molecule has 0 amide bonds. The molecule has 3 nitrogen and oxygen atoms in total. The van der Waals surface area contributed by atoms with Crippen LogP contribution >= 0.6 is 11.6 Å². The first-order chi connectivity index (χ1) is 8.61. The molecule has 2 rings (SSSR count). The van der Waals surface area contributed by atoms with Gasteiger partial charge in [-0.2, -0.15) is 0 Å². The van der Waals surface area contributed by atoms with Gasteiger partial charge in [0.2, 0.25) is 0 Å². The second-order valence-corrected chi connectivity index (χ2v) is 4.57. The van der Waals surface area contributed by atoms with Crippen molar-refractivity contribution in [3.63, 3.8) is 0 Å². The Labute approximate surface area is 112 Å². The maximum Gasteiger partial charge on any atom is 0.137 e. The van der Waals surface area contributed by atoms with Crippen molar-refractivity contribution in [2.45, 2.75) is 13.0 Å². The van der Waals surface area contributed by atoms with Gasteiger partial charge in [-0.15, -0.1) is 0 Å². The number of hydrogen-bond donors (Lipinski definition) is 1. The Bertz CT molecular complexity index is 557. The van der Waals surface area contributed by atoms with E-state index >= 15 is 0 Å². The molecule has 0 aliphatic carbocycles. The fourth-order valence-electron chi connectivity index (χ4n) is 1.84. The summed E-state index contributed by atoms with van der Waals surface area (Å²) in [5, 5.41) is 0.682. The van der Waals surface area contributed by atoms with Crippen molar-refractivity contribution >= 4 is 11.6 Å². The van der Waals surface area contributed by atoms with E-state index in [1.165, 1.54) is 0 Å². The summed E-state index contributed by atoms with van der Waals surface area (Å²) in [6, 6.07) is 7.34. The Kier molecular flexibility index (Phi) is 3.84. The molecule has 2 aromatic rings. The smallest absolute Gasteiger partial charge is 0.137 e. The van der Waals surface area contributed by atoms with E-state index in [4.69, 9.17) is 22.1 Å². The predicted molar refractivity (Wildman–Crippen MR) is 73.0 cm³/mol. The van der Waals surface area contributed by atoms with Crippen LogP contribution in [-0.2, 0) is 0 Å². The molecule has 4 heteroatoms. The van der Waals surface area contributed by atoms with Gasteiger partial charge < -0.3 is 10.5 Å². The maximum atomic E-state index is 6.26. The number of ether oxygens (including phenoxy) is 1. The summed E-state index contributed by atoms with van der Waals surface area (Å²) in [5.74, 6) is 0.697. The second kappa shape index (κ2) is 5.38. The largest absolute Gasteiger partial charge is 0.495 e. The number of nitrogens with two attached hydrogens (primary N) is 1. The number of aryl methyl sites for hydroxylation is 1. The minimum atomic E-state index is -0.258. The first kappa shape index (κ1) is 12.9. The topological polar surface area (TPSA) is 48.1 Å². The van der Waals surface area contributed by atoms with Crippen molar-refractivity contribution in [2.75, 3.05) is 7.11 Å². The summed E-state index contributed by atoms with van der Waals surface area (Å²) in [5.41, 5.74) is 9.26. The van der Waals surface area contributed by atoms with E-state index in [0.717, 1.165) is 16.7 Å². The summed E-state index contributed by atoms with van der Waals surface area (Å²) in [7, 11) is 1.61. The molecule has 1 unspecified atom stereocenters. The maximum absolute atomic E-state index is 6.26. The number of halogens is 1. The first-order valence-corrected chi connectivity index (χ1v) is 6.00. The molecule has 2 N–H and O–H groups in total. The Morgan fingerprint density at radius 2 is 2.06 bits per heavy atom. The van der Waals surface area contributed by atoms with Crippen LogP contribution in [0, 0.1) is 6.92 Å². The quantitative estimate of drug-likeness (QED) is 0.925. The lowest BCUT2D eigenvalue weighted by Crippen LogP contribution is -2.13. The van der Waals surface area contributed by atoms with Crippen LogP contribution in [0.15, 0.2) is 36.7 Å². The predicted octanol–water partition coefficient (Wildman–Crippen LogP) is 3.10. The number of hydrogen-bond acceptors (Lipinski definition) is 3. The van der Waals surface area contributed by atoms with Crippen LogP contribution in [0.1, 0.15) is 22.7 Å². The molecule has 18 heavy (non-hydrogen) atoms. The number of rotatable bonds is 3. The van der Waals surface area contributed by atoms with E-state index in [2.05, 4.69) is 4.98 Å². The van der Waals surface area contributed by atoms with Gasteiger partial charge in [0.15, 0.2) is 0 Å². The number of pyridine rings is 1. The van der Waals surface area contributed by atoms with Crippen LogP contribution < -0.4 is 10.5 Å². The van der Waals surface area contributed by atoms with Gasteiger partial charge in [0.05, 0.1) is 19.3 Å². The third-order valence-corrected chi connectivity index (χ3v) is 3.14. The zero-order chi connectivity index (χ0) is 13.1. The lowest BCUT2D eigenvalue weighted by Gasteiger charge is -2.15. The minimum Gasteiger partial charge on any atom is -0.495 e. The molecule has 0 fully saturated rings. The molecule has 1 aromatic heterocycles. The van der Waals surface area contributed by atoms with Gasteiger partial charge in [-0.3, -0.25) is 4.98 Å². The lowest BCUT2D eigenvalue weighted by molar-refractivity contribution is 0.412. The molecule has 0 bridgehead atoms. The summed E-state index contributed by atoms with van der Waals surface area (Å²) in [6.45, 7) is 2.01. The van der Waals surface area contributed by atoms with Crippen molar-refractivity contribution in [3.05, 3.63) is 58.4 Å². The molecule has 1 heterocycles. The highest BCUT2D eigenvalue weighted by Gasteiger charge is 2.13. The van der Waals surface area contributed by atoms with Crippen molar-refractivity contribution < 1.29 is 4.74 Å². The SMILES string of the molecule is COc1cncc(C(N)c2cc(Cl)ccc2C)c1. The number of nitrogens with zero attached hydrogens (tertiary/aromatic N) is 1. The summed E-state index contributed by atoms with van der Waals surface area (Å²) in [4.78, 5) is 4.12. The molecule has 0 saturated carbocycles. The highest BCUT2D eigenvalue weighted by Crippen LogP contribution is 2.26. The Balaban J connectivity index is 2.40. The minimum absolute atomic E-state index is 0.258. The van der Waals surface area contributed by atoms with E-state index in [9.17, 15) is 0 Å². The van der Waals surface area contributed by atoms with Crippen molar-refractivity contribution in [1.29, 1.82) is 0 Å². The van der Waals surface area contributed by atoms with Crippen LogP contribution in [0.25, 0.3) is 0 Å². The van der Waals surface area contributed by atoms with Crippen molar-refractivity contribution in [3.8, 4) is 5.75 Å². The lowest BCUT2D eigenvalue weighted by atomic mass is 9.97. The number of benzene rings is 1. The Hall–Kier alpha value is -1.58. The molecule has 0 saturated heterocycles. The Morgan fingerprint density at radius 1 is 1.28 bits per heavy atom. The second-order valence-electron chi connectivity index (χ2n) is 4.14. The number of aromatic nitrogens is 1. The zero-order valence-corrected chi connectivity index (χ0v) is 11.1. The van der Waals surface area contributed by atoms with Gasteiger partial charge in [0, 0.05) is 11.2 Å². The van der Waals surface area contributed by atoms with E-state index in [0.29, 0.717) is 10.8 Å². The van der Waals surface area contributed by atoms with Crippen LogP contribution in [-0.4, -0.2) is 12.1 Å². The zero-order valence-electron chi connectivity index (χ0n) is 10.4. The summed E-state index contributed by atoms with van der Waals surface area (Å²) in [6.07, 6.45) is 3.40. The van der Waals surface area contributed by atoms with Gasteiger partial charge in [-0.1, -0.05) is 17.7 Å². The first-order valence-electron chi connectivity index (χ1n) is 5.62. The van der Waals surface area contributed by atoms with Crippen LogP contribution in [0.5, 0.6) is 5.75 Å². The van der Waals surface area contributed by atoms with E-state index in [1.54, 1.807) is 19.5 Å². The highest BCUT2D eigenvalue weighted by molar-refractivity contribution is 6.30. The fourth-order valence-corrected chi connectivity index (χ4v) is 2.02. The van der Waals surface area contributed by atoms with Gasteiger partial charge in [-0.25, -0.2) is 0 Å². The average molecular weight is 263 g/mol. The van der Waals surface area contributed by atoms with Crippen LogP contribution in [0.2, 0.25) is 5.02 Å². The highest BCUT2D eigenvalue weighted by atomic mass is 35.5.